The fraction of sp³-hybridized carbons (Fsp3) is 0.138. The molecule has 32 heavy (non-hydrogen) atoms. The Morgan fingerprint density at radius 3 is 1.59 bits per heavy atom. The number of carbonyl (C=O) groups is 1. The summed E-state index contributed by atoms with van der Waals surface area (Å²) in [5, 5.41) is 3.99. The van der Waals surface area contributed by atoms with Crippen molar-refractivity contribution in [3.05, 3.63) is 126 Å². The van der Waals surface area contributed by atoms with Crippen molar-refractivity contribution in [3.63, 3.8) is 0 Å². The number of hydrogen-bond acceptors (Lipinski definition) is 2. The maximum absolute atomic E-state index is 12.5. The number of hydrogen-bond donors (Lipinski definition) is 0. The molecular weight excluding hydrogens is 411 g/mol. The second-order valence-electron chi connectivity index (χ2n) is 7.81. The van der Waals surface area contributed by atoms with Crippen molar-refractivity contribution in [2.24, 2.45) is 0 Å². The van der Waals surface area contributed by atoms with Gasteiger partial charge >= 0.3 is 5.97 Å². The van der Waals surface area contributed by atoms with Gasteiger partial charge in [0.2, 0.25) is 0 Å². The van der Waals surface area contributed by atoms with Crippen LogP contribution in [0.5, 0.6) is 0 Å². The Hall–Kier alpha value is -3.22. The monoisotopic (exact) mass is 439 g/mol. The van der Waals surface area contributed by atoms with Gasteiger partial charge in [-0.15, -0.1) is 0 Å². The Balaban J connectivity index is 1.96. The van der Waals surface area contributed by atoms with E-state index < -0.39 is 7.26 Å². The van der Waals surface area contributed by atoms with Crippen molar-refractivity contribution in [3.8, 4) is 0 Å². The van der Waals surface area contributed by atoms with Gasteiger partial charge in [0.1, 0.15) is 23.2 Å². The van der Waals surface area contributed by atoms with Crippen molar-refractivity contribution in [1.29, 1.82) is 0 Å². The molecule has 160 valence electrons. The highest BCUT2D eigenvalue weighted by molar-refractivity contribution is 7.95. The van der Waals surface area contributed by atoms with Crippen molar-refractivity contribution in [1.82, 2.24) is 0 Å². The number of carbonyl (C=O) groups excluding carboxylic acids is 1. The Morgan fingerprint density at radius 1 is 0.719 bits per heavy atom. The molecule has 2 nitrogen and oxygen atoms in total. The van der Waals surface area contributed by atoms with Crippen molar-refractivity contribution >= 4 is 29.1 Å². The number of rotatable bonds is 7. The largest absolute Gasteiger partial charge is 0.465 e. The molecule has 0 fully saturated rings. The molecule has 3 heteroatoms. The van der Waals surface area contributed by atoms with E-state index in [0.717, 1.165) is 23.7 Å². The average Bonchev–Trinajstić information content (AvgIpc) is 2.88. The van der Waals surface area contributed by atoms with Crippen LogP contribution < -0.4 is 15.9 Å². The lowest BCUT2D eigenvalue weighted by atomic mass is 10.0. The van der Waals surface area contributed by atoms with Crippen LogP contribution in [0.25, 0.3) is 0 Å². The van der Waals surface area contributed by atoms with E-state index in [1.165, 1.54) is 23.0 Å². The van der Waals surface area contributed by atoms with Crippen LogP contribution in [0.15, 0.2) is 109 Å². The Morgan fingerprint density at radius 2 is 1.19 bits per heavy atom. The van der Waals surface area contributed by atoms with Gasteiger partial charge in [-0.3, -0.25) is 0 Å². The number of methoxy groups -OCH3 is 1. The second-order valence-corrected chi connectivity index (χ2v) is 11.3. The van der Waals surface area contributed by atoms with Gasteiger partial charge in [0, 0.05) is 0 Å². The smallest absolute Gasteiger partial charge is 0.338 e. The molecule has 0 amide bonds. The van der Waals surface area contributed by atoms with E-state index in [1.807, 2.05) is 6.07 Å². The Labute approximate surface area is 191 Å². The van der Waals surface area contributed by atoms with Gasteiger partial charge in [-0.05, 0) is 60.0 Å². The minimum Gasteiger partial charge on any atom is -0.465 e. The third-order valence-electron chi connectivity index (χ3n) is 5.97. The molecule has 0 unspecified atom stereocenters. The highest BCUT2D eigenvalue weighted by Crippen LogP contribution is 2.58. The zero-order valence-electron chi connectivity index (χ0n) is 18.6. The fourth-order valence-electron chi connectivity index (χ4n) is 4.37. The van der Waals surface area contributed by atoms with E-state index in [9.17, 15) is 4.79 Å². The first-order valence-electron chi connectivity index (χ1n) is 10.9. The molecule has 4 aromatic rings. The number of esters is 1. The lowest BCUT2D eigenvalue weighted by Gasteiger charge is -2.28. The van der Waals surface area contributed by atoms with Crippen LogP contribution in [0.1, 0.15) is 28.4 Å². The number of benzene rings is 4. The standard InChI is InChI=1S/C29H28O2P/c1-3-24-20-19-23(21-28(24)29(30)31-2)22-32(25-13-7-4-8-14-25,26-15-9-5-10-16-26)27-17-11-6-12-18-27/h4-21H,3,22H2,1-2H3/q+1. The predicted octanol–water partition coefficient (Wildman–Crippen LogP) is 5.53. The van der Waals surface area contributed by atoms with Gasteiger partial charge in [0.25, 0.3) is 0 Å². The minimum absolute atomic E-state index is 0.272. The maximum Gasteiger partial charge on any atom is 0.338 e. The zero-order valence-corrected chi connectivity index (χ0v) is 19.5. The van der Waals surface area contributed by atoms with E-state index in [0.29, 0.717) is 5.56 Å². The van der Waals surface area contributed by atoms with Gasteiger partial charge in [-0.1, -0.05) is 73.7 Å². The SMILES string of the molecule is CCc1ccc(C[P+](c2ccccc2)(c2ccccc2)c2ccccc2)cc1C(=O)OC. The van der Waals surface area contributed by atoms with Crippen LogP contribution in [-0.4, -0.2) is 13.1 Å². The molecular formula is C29H28O2P+. The normalized spacial score (nSPS) is 11.2. The summed E-state index contributed by atoms with van der Waals surface area (Å²) in [5.41, 5.74) is 2.83. The molecule has 0 atom stereocenters. The summed E-state index contributed by atoms with van der Waals surface area (Å²) in [6.45, 7) is 2.07. The van der Waals surface area contributed by atoms with Crippen molar-refractivity contribution in [2.75, 3.05) is 7.11 Å². The molecule has 0 saturated carbocycles. The van der Waals surface area contributed by atoms with Crippen LogP contribution in [-0.2, 0) is 17.3 Å². The summed E-state index contributed by atoms with van der Waals surface area (Å²) < 4.78 is 5.09. The number of aryl methyl sites for hydroxylation is 1. The van der Waals surface area contributed by atoms with Crippen LogP contribution >= 0.6 is 7.26 Å². The van der Waals surface area contributed by atoms with Gasteiger partial charge in [0.05, 0.1) is 18.8 Å². The van der Waals surface area contributed by atoms with E-state index in [1.54, 1.807) is 0 Å². The fourth-order valence-corrected chi connectivity index (χ4v) is 8.60. The third kappa shape index (κ3) is 4.24. The van der Waals surface area contributed by atoms with E-state index in [2.05, 4.69) is 110 Å². The quantitative estimate of drug-likeness (QED) is 0.280. The first-order chi connectivity index (χ1) is 15.7. The first kappa shape index (κ1) is 22.0. The molecule has 4 rings (SSSR count). The van der Waals surface area contributed by atoms with E-state index >= 15 is 0 Å². The second kappa shape index (κ2) is 9.94. The van der Waals surface area contributed by atoms with Crippen LogP contribution in [0.4, 0.5) is 0 Å². The summed E-state index contributed by atoms with van der Waals surface area (Å²) in [4.78, 5) is 12.5. The zero-order chi connectivity index (χ0) is 22.4. The van der Waals surface area contributed by atoms with E-state index in [-0.39, 0.29) is 5.97 Å². The van der Waals surface area contributed by atoms with Gasteiger partial charge < -0.3 is 4.74 Å². The lowest BCUT2D eigenvalue weighted by molar-refractivity contribution is 0.0599. The predicted molar refractivity (Wildman–Crippen MR) is 136 cm³/mol. The van der Waals surface area contributed by atoms with Crippen molar-refractivity contribution in [2.45, 2.75) is 19.5 Å². The molecule has 0 aromatic heterocycles. The molecule has 0 heterocycles. The summed E-state index contributed by atoms with van der Waals surface area (Å²) in [7, 11) is -0.561. The topological polar surface area (TPSA) is 26.3 Å². The van der Waals surface area contributed by atoms with Crippen molar-refractivity contribution < 1.29 is 9.53 Å². The van der Waals surface area contributed by atoms with Gasteiger partial charge in [-0.25, -0.2) is 4.79 Å². The van der Waals surface area contributed by atoms with Crippen LogP contribution in [0.3, 0.4) is 0 Å². The molecule has 4 aromatic carbocycles. The molecule has 0 bridgehead atoms. The Bertz CT molecular complexity index is 1080. The van der Waals surface area contributed by atoms with E-state index in [4.69, 9.17) is 4.74 Å². The molecule has 0 saturated heterocycles. The first-order valence-corrected chi connectivity index (χ1v) is 12.9. The molecule has 0 spiro atoms. The summed E-state index contributed by atoms with van der Waals surface area (Å²) in [6, 6.07) is 38.7. The summed E-state index contributed by atoms with van der Waals surface area (Å²) >= 11 is 0. The Kier molecular flexibility index (Phi) is 6.83. The maximum atomic E-state index is 12.5. The van der Waals surface area contributed by atoms with Gasteiger partial charge in [-0.2, -0.15) is 0 Å². The minimum atomic E-state index is -2.01. The van der Waals surface area contributed by atoms with Crippen LogP contribution in [0.2, 0.25) is 0 Å². The molecule has 0 aliphatic rings. The summed E-state index contributed by atoms with van der Waals surface area (Å²) in [6.07, 6.45) is 1.63. The van der Waals surface area contributed by atoms with Gasteiger partial charge in [0.15, 0.2) is 0 Å². The highest BCUT2D eigenvalue weighted by Gasteiger charge is 2.45. The lowest BCUT2D eigenvalue weighted by Crippen LogP contribution is -2.32. The molecule has 0 aliphatic carbocycles. The molecule has 0 N–H and O–H groups in total. The van der Waals surface area contributed by atoms with Crippen LogP contribution in [0, 0.1) is 0 Å². The average molecular weight is 440 g/mol. The summed E-state index contributed by atoms with van der Waals surface area (Å²) in [5.74, 6) is -0.272. The highest BCUT2D eigenvalue weighted by atomic mass is 31.2. The molecule has 0 radical (unpaired) electrons. The number of ether oxygens (including phenoxy) is 1. The third-order valence-corrected chi connectivity index (χ3v) is 10.3. The molecule has 0 aliphatic heterocycles.